The van der Waals surface area contributed by atoms with Crippen molar-refractivity contribution in [3.63, 3.8) is 0 Å². The number of ether oxygens (including phenoxy) is 1. The van der Waals surface area contributed by atoms with E-state index in [1.54, 1.807) is 7.11 Å². The summed E-state index contributed by atoms with van der Waals surface area (Å²) in [6.45, 7) is 0. The maximum atomic E-state index is 12.6. The lowest BCUT2D eigenvalue weighted by Crippen LogP contribution is -2.60. The summed E-state index contributed by atoms with van der Waals surface area (Å²) in [6, 6.07) is 5.66. The molecule has 4 saturated carbocycles. The minimum absolute atomic E-state index is 0.0265. The zero-order valence-electron chi connectivity index (χ0n) is 14.4. The van der Waals surface area contributed by atoms with Gasteiger partial charge in [-0.05, 0) is 74.5 Å². The van der Waals surface area contributed by atoms with Crippen LogP contribution in [0.15, 0.2) is 18.2 Å². The molecule has 1 heterocycles. The molecule has 4 aliphatic carbocycles. The molecule has 0 spiro atoms. The second kappa shape index (κ2) is 5.59. The molecule has 2 amide bonds. The number of amides is 2. The molecule has 2 N–H and O–H groups in total. The maximum absolute atomic E-state index is 12.6. The molecule has 1 aromatic heterocycles. The van der Waals surface area contributed by atoms with Crippen LogP contribution in [-0.2, 0) is 0 Å². The molecule has 0 unspecified atom stereocenters. The number of urea groups is 1. The van der Waals surface area contributed by atoms with Crippen LogP contribution in [0.5, 0.6) is 5.75 Å². The summed E-state index contributed by atoms with van der Waals surface area (Å²) < 4.78 is 6.27. The summed E-state index contributed by atoms with van der Waals surface area (Å²) in [5.41, 5.74) is 0.912. The van der Waals surface area contributed by atoms with Crippen molar-refractivity contribution in [2.75, 3.05) is 12.4 Å². The molecule has 0 radical (unpaired) electrons. The van der Waals surface area contributed by atoms with Crippen LogP contribution in [0.1, 0.15) is 38.5 Å². The van der Waals surface area contributed by atoms with Crippen LogP contribution in [0.4, 0.5) is 9.93 Å². The Labute approximate surface area is 151 Å². The summed E-state index contributed by atoms with van der Waals surface area (Å²) in [5.74, 6) is 3.27. The number of nitrogens with one attached hydrogen (secondary N) is 2. The number of aromatic nitrogens is 1. The average Bonchev–Trinajstić information content (AvgIpc) is 2.93. The molecule has 25 heavy (non-hydrogen) atoms. The summed E-state index contributed by atoms with van der Waals surface area (Å²) in [7, 11) is 1.65. The van der Waals surface area contributed by atoms with Crippen LogP contribution in [0, 0.1) is 17.8 Å². The minimum atomic E-state index is -0.104. The van der Waals surface area contributed by atoms with E-state index < -0.39 is 0 Å². The Morgan fingerprint density at radius 1 is 1.20 bits per heavy atom. The fourth-order valence-corrected chi connectivity index (χ4v) is 6.61. The highest BCUT2D eigenvalue weighted by Gasteiger charge is 2.51. The lowest BCUT2D eigenvalue weighted by molar-refractivity contribution is -0.0127. The minimum Gasteiger partial charge on any atom is -0.497 e. The quantitative estimate of drug-likeness (QED) is 0.856. The number of rotatable bonds is 3. The normalized spacial score (nSPS) is 32.8. The summed E-state index contributed by atoms with van der Waals surface area (Å²) in [5, 5.41) is 6.94. The zero-order chi connectivity index (χ0) is 17.0. The molecule has 0 atom stereocenters. The molecule has 6 heteroatoms. The van der Waals surface area contributed by atoms with Gasteiger partial charge in [-0.15, -0.1) is 0 Å². The third kappa shape index (κ3) is 2.76. The molecule has 5 nitrogen and oxygen atoms in total. The maximum Gasteiger partial charge on any atom is 0.321 e. The van der Waals surface area contributed by atoms with E-state index >= 15 is 0 Å². The van der Waals surface area contributed by atoms with Crippen LogP contribution in [0.3, 0.4) is 0 Å². The van der Waals surface area contributed by atoms with Gasteiger partial charge in [0, 0.05) is 5.54 Å². The predicted octanol–water partition coefficient (Wildman–Crippen LogP) is 4.40. The fraction of sp³-hybridized carbons (Fsp3) is 0.579. The van der Waals surface area contributed by atoms with Crippen molar-refractivity contribution in [1.29, 1.82) is 0 Å². The van der Waals surface area contributed by atoms with E-state index in [2.05, 4.69) is 15.6 Å². The molecular formula is C19H23N3O2S. The van der Waals surface area contributed by atoms with E-state index in [9.17, 15) is 4.79 Å². The third-order valence-corrected chi connectivity index (χ3v) is 7.17. The van der Waals surface area contributed by atoms with Crippen molar-refractivity contribution in [1.82, 2.24) is 10.3 Å². The predicted molar refractivity (Wildman–Crippen MR) is 99.2 cm³/mol. The van der Waals surface area contributed by atoms with E-state index in [0.29, 0.717) is 5.13 Å². The molecule has 2 aromatic rings. The highest BCUT2D eigenvalue weighted by Crippen LogP contribution is 2.55. The molecule has 4 bridgehead atoms. The van der Waals surface area contributed by atoms with Gasteiger partial charge < -0.3 is 10.1 Å². The topological polar surface area (TPSA) is 63.2 Å². The van der Waals surface area contributed by atoms with Crippen molar-refractivity contribution in [2.45, 2.75) is 44.1 Å². The zero-order valence-corrected chi connectivity index (χ0v) is 15.2. The van der Waals surface area contributed by atoms with Gasteiger partial charge in [0.15, 0.2) is 5.13 Å². The van der Waals surface area contributed by atoms with Gasteiger partial charge in [-0.1, -0.05) is 11.3 Å². The molecule has 4 aliphatic rings. The highest BCUT2D eigenvalue weighted by molar-refractivity contribution is 7.22. The second-order valence-corrected chi connectivity index (χ2v) is 9.16. The van der Waals surface area contributed by atoms with Crippen molar-refractivity contribution in [3.05, 3.63) is 18.2 Å². The number of methoxy groups -OCH3 is 1. The fourth-order valence-electron chi connectivity index (χ4n) is 5.72. The van der Waals surface area contributed by atoms with E-state index in [0.717, 1.165) is 53.0 Å². The van der Waals surface area contributed by atoms with Crippen LogP contribution >= 0.6 is 11.3 Å². The Balaban J connectivity index is 1.31. The lowest BCUT2D eigenvalue weighted by Gasteiger charge is -2.56. The summed E-state index contributed by atoms with van der Waals surface area (Å²) in [6.07, 6.45) is 7.60. The van der Waals surface area contributed by atoms with E-state index in [1.165, 1.54) is 30.6 Å². The van der Waals surface area contributed by atoms with E-state index in [-0.39, 0.29) is 11.6 Å². The van der Waals surface area contributed by atoms with E-state index in [1.807, 2.05) is 18.2 Å². The number of benzene rings is 1. The van der Waals surface area contributed by atoms with Gasteiger partial charge in [0.05, 0.1) is 17.3 Å². The van der Waals surface area contributed by atoms with Gasteiger partial charge in [-0.2, -0.15) is 0 Å². The van der Waals surface area contributed by atoms with Crippen LogP contribution in [-0.4, -0.2) is 23.7 Å². The molecule has 4 fully saturated rings. The summed E-state index contributed by atoms with van der Waals surface area (Å²) >= 11 is 1.48. The number of thiazole rings is 1. The number of hydrogen-bond acceptors (Lipinski definition) is 4. The smallest absolute Gasteiger partial charge is 0.321 e. The Morgan fingerprint density at radius 2 is 1.88 bits per heavy atom. The van der Waals surface area contributed by atoms with Gasteiger partial charge in [-0.3, -0.25) is 5.32 Å². The van der Waals surface area contributed by atoms with Crippen molar-refractivity contribution >= 4 is 32.7 Å². The number of nitrogens with zero attached hydrogens (tertiary/aromatic N) is 1. The third-order valence-electron chi connectivity index (χ3n) is 6.23. The first-order valence-electron chi connectivity index (χ1n) is 9.14. The van der Waals surface area contributed by atoms with Crippen LogP contribution in [0.2, 0.25) is 0 Å². The standard InChI is InChI=1S/C19H23N3O2S/c1-24-14-2-3-15-16(7-14)25-18(20-15)21-17(23)22-19-8-11-4-12(9-19)6-13(5-11)10-19/h2-3,7,11-13H,4-6,8-10H2,1H3,(H2,20,21,22,23). The molecule has 0 saturated heterocycles. The Hall–Kier alpha value is -1.82. The van der Waals surface area contributed by atoms with Crippen molar-refractivity contribution in [3.8, 4) is 5.75 Å². The van der Waals surface area contributed by atoms with E-state index in [4.69, 9.17) is 4.74 Å². The van der Waals surface area contributed by atoms with Gasteiger partial charge in [0.25, 0.3) is 0 Å². The monoisotopic (exact) mass is 357 g/mol. The molecule has 0 aliphatic heterocycles. The number of hydrogen-bond donors (Lipinski definition) is 2. The molecule has 1 aromatic carbocycles. The Kier molecular flexibility index (Phi) is 3.45. The first kappa shape index (κ1) is 15.4. The van der Waals surface area contributed by atoms with Gasteiger partial charge >= 0.3 is 6.03 Å². The van der Waals surface area contributed by atoms with Crippen molar-refractivity contribution < 1.29 is 9.53 Å². The first-order chi connectivity index (χ1) is 12.1. The molecule has 132 valence electrons. The van der Waals surface area contributed by atoms with Gasteiger partial charge in [-0.25, -0.2) is 9.78 Å². The van der Waals surface area contributed by atoms with Crippen LogP contribution in [0.25, 0.3) is 10.2 Å². The second-order valence-electron chi connectivity index (χ2n) is 8.13. The van der Waals surface area contributed by atoms with Crippen LogP contribution < -0.4 is 15.4 Å². The number of carbonyl (C=O) groups excluding carboxylic acids is 1. The SMILES string of the molecule is COc1ccc2nc(NC(=O)NC34CC5CC(CC(C5)C3)C4)sc2c1. The Bertz CT molecular complexity index is 796. The lowest BCUT2D eigenvalue weighted by atomic mass is 9.53. The summed E-state index contributed by atoms with van der Waals surface area (Å²) in [4.78, 5) is 17.1. The molecular weight excluding hydrogens is 334 g/mol. The number of anilines is 1. The largest absolute Gasteiger partial charge is 0.497 e. The number of fused-ring (bicyclic) bond motifs is 1. The average molecular weight is 357 g/mol. The van der Waals surface area contributed by atoms with Gasteiger partial charge in [0.1, 0.15) is 5.75 Å². The van der Waals surface area contributed by atoms with Gasteiger partial charge in [0.2, 0.25) is 0 Å². The van der Waals surface area contributed by atoms with Crippen molar-refractivity contribution in [2.24, 2.45) is 17.8 Å². The Morgan fingerprint density at radius 3 is 2.52 bits per heavy atom. The number of carbonyl (C=O) groups is 1. The first-order valence-corrected chi connectivity index (χ1v) is 9.96. The highest BCUT2D eigenvalue weighted by atomic mass is 32.1. The molecule has 6 rings (SSSR count).